The molecular formula is C17H17ClO2. The summed E-state index contributed by atoms with van der Waals surface area (Å²) in [5.41, 5.74) is 3.44. The number of benzene rings is 2. The van der Waals surface area contributed by atoms with Crippen LogP contribution < -0.4 is 9.47 Å². The molecule has 1 aliphatic heterocycles. The van der Waals surface area contributed by atoms with Crippen molar-refractivity contribution in [1.82, 2.24) is 0 Å². The summed E-state index contributed by atoms with van der Waals surface area (Å²) >= 11 is 6.57. The number of alkyl halides is 1. The van der Waals surface area contributed by atoms with Gasteiger partial charge < -0.3 is 9.47 Å². The first-order valence-electron chi connectivity index (χ1n) is 6.90. The molecule has 20 heavy (non-hydrogen) atoms. The molecule has 2 nitrogen and oxygen atoms in total. The van der Waals surface area contributed by atoms with Gasteiger partial charge in [-0.1, -0.05) is 37.3 Å². The quantitative estimate of drug-likeness (QED) is 0.782. The van der Waals surface area contributed by atoms with Crippen LogP contribution in [0.1, 0.15) is 29.0 Å². The van der Waals surface area contributed by atoms with Crippen molar-refractivity contribution in [1.29, 1.82) is 0 Å². The van der Waals surface area contributed by atoms with Crippen LogP contribution >= 0.6 is 11.6 Å². The van der Waals surface area contributed by atoms with Crippen LogP contribution in [0.3, 0.4) is 0 Å². The fraction of sp³-hybridized carbons (Fsp3) is 0.294. The highest BCUT2D eigenvalue weighted by Crippen LogP contribution is 2.36. The molecule has 0 amide bonds. The molecule has 2 aromatic carbocycles. The fourth-order valence-electron chi connectivity index (χ4n) is 2.33. The van der Waals surface area contributed by atoms with Crippen LogP contribution in [0.5, 0.6) is 11.5 Å². The summed E-state index contributed by atoms with van der Waals surface area (Å²) in [5, 5.41) is -0.170. The average Bonchev–Trinajstić information content (AvgIpc) is 2.54. The molecule has 0 saturated carbocycles. The molecule has 0 fully saturated rings. The minimum atomic E-state index is -0.170. The van der Waals surface area contributed by atoms with Crippen LogP contribution in [0, 0.1) is 0 Å². The molecule has 0 N–H and O–H groups in total. The second-order valence-electron chi connectivity index (χ2n) is 4.86. The third kappa shape index (κ3) is 2.61. The van der Waals surface area contributed by atoms with Crippen LogP contribution in [0.25, 0.3) is 0 Å². The first-order chi connectivity index (χ1) is 9.78. The van der Waals surface area contributed by atoms with E-state index in [1.54, 1.807) is 0 Å². The van der Waals surface area contributed by atoms with E-state index in [1.807, 2.05) is 18.2 Å². The summed E-state index contributed by atoms with van der Waals surface area (Å²) < 4.78 is 11.1. The summed E-state index contributed by atoms with van der Waals surface area (Å²) in [7, 11) is 0. The highest BCUT2D eigenvalue weighted by Gasteiger charge is 2.16. The minimum absolute atomic E-state index is 0.170. The fourth-order valence-corrected chi connectivity index (χ4v) is 2.61. The Labute approximate surface area is 124 Å². The standard InChI is InChI=1S/C17H17ClO2/c1-2-12-3-5-13(6-4-12)17(18)14-7-8-15-16(11-14)20-10-9-19-15/h3-8,11,17H,2,9-10H2,1H3. The number of halogens is 1. The molecule has 1 unspecified atom stereocenters. The molecule has 3 heteroatoms. The predicted octanol–water partition coefficient (Wildman–Crippen LogP) is 4.35. The molecule has 3 rings (SSSR count). The molecule has 2 aromatic rings. The van der Waals surface area contributed by atoms with Gasteiger partial charge >= 0.3 is 0 Å². The maximum atomic E-state index is 6.57. The maximum Gasteiger partial charge on any atom is 0.161 e. The van der Waals surface area contributed by atoms with Crippen LogP contribution in [-0.2, 0) is 6.42 Å². The number of hydrogen-bond donors (Lipinski definition) is 0. The summed E-state index contributed by atoms with van der Waals surface area (Å²) in [4.78, 5) is 0. The summed E-state index contributed by atoms with van der Waals surface area (Å²) in [5.74, 6) is 1.58. The van der Waals surface area contributed by atoms with Crippen molar-refractivity contribution in [2.45, 2.75) is 18.7 Å². The van der Waals surface area contributed by atoms with Crippen LogP contribution in [0.2, 0.25) is 0 Å². The first-order valence-corrected chi connectivity index (χ1v) is 7.34. The van der Waals surface area contributed by atoms with Gasteiger partial charge in [0.05, 0.1) is 5.38 Å². The smallest absolute Gasteiger partial charge is 0.161 e. The molecule has 0 radical (unpaired) electrons. The summed E-state index contributed by atoms with van der Waals surface area (Å²) in [6.07, 6.45) is 1.04. The van der Waals surface area contributed by atoms with Crippen molar-refractivity contribution in [3.63, 3.8) is 0 Å². The van der Waals surface area contributed by atoms with E-state index in [4.69, 9.17) is 21.1 Å². The largest absolute Gasteiger partial charge is 0.486 e. The molecule has 0 aliphatic carbocycles. The van der Waals surface area contributed by atoms with Crippen molar-refractivity contribution in [3.8, 4) is 11.5 Å². The first kappa shape index (κ1) is 13.3. The number of aryl methyl sites for hydroxylation is 1. The molecule has 0 aromatic heterocycles. The van der Waals surface area contributed by atoms with E-state index < -0.39 is 0 Å². The highest BCUT2D eigenvalue weighted by atomic mass is 35.5. The van der Waals surface area contributed by atoms with Crippen LogP contribution in [-0.4, -0.2) is 13.2 Å². The number of hydrogen-bond acceptors (Lipinski definition) is 2. The van der Waals surface area contributed by atoms with E-state index in [0.29, 0.717) is 13.2 Å². The average molecular weight is 289 g/mol. The Kier molecular flexibility index (Phi) is 3.83. The van der Waals surface area contributed by atoms with Crippen LogP contribution in [0.15, 0.2) is 42.5 Å². The Balaban J connectivity index is 1.87. The number of ether oxygens (including phenoxy) is 2. The minimum Gasteiger partial charge on any atom is -0.486 e. The van der Waals surface area contributed by atoms with Gasteiger partial charge in [-0.2, -0.15) is 0 Å². The molecule has 1 heterocycles. The van der Waals surface area contributed by atoms with Gasteiger partial charge in [-0.25, -0.2) is 0 Å². The zero-order valence-corrected chi connectivity index (χ0v) is 12.2. The van der Waals surface area contributed by atoms with Gasteiger partial charge in [0.2, 0.25) is 0 Å². The molecule has 104 valence electrons. The molecular weight excluding hydrogens is 272 g/mol. The number of fused-ring (bicyclic) bond motifs is 1. The van der Waals surface area contributed by atoms with Gasteiger partial charge in [-0.3, -0.25) is 0 Å². The lowest BCUT2D eigenvalue weighted by Gasteiger charge is -2.20. The Bertz CT molecular complexity index is 592. The molecule has 1 atom stereocenters. The second kappa shape index (κ2) is 5.76. The molecule has 0 spiro atoms. The molecule has 0 saturated heterocycles. The zero-order valence-electron chi connectivity index (χ0n) is 11.4. The Morgan fingerprint density at radius 3 is 2.30 bits per heavy atom. The predicted molar refractivity (Wildman–Crippen MR) is 80.9 cm³/mol. The number of rotatable bonds is 3. The Morgan fingerprint density at radius 2 is 1.60 bits per heavy atom. The van der Waals surface area contributed by atoms with E-state index >= 15 is 0 Å². The second-order valence-corrected chi connectivity index (χ2v) is 5.30. The van der Waals surface area contributed by atoms with E-state index in [1.165, 1.54) is 5.56 Å². The topological polar surface area (TPSA) is 18.5 Å². The van der Waals surface area contributed by atoms with Gasteiger partial charge in [0.15, 0.2) is 11.5 Å². The van der Waals surface area contributed by atoms with Crippen molar-refractivity contribution in [2.75, 3.05) is 13.2 Å². The van der Waals surface area contributed by atoms with Gasteiger partial charge in [0.1, 0.15) is 13.2 Å². The van der Waals surface area contributed by atoms with Crippen molar-refractivity contribution >= 4 is 11.6 Å². The lowest BCUT2D eigenvalue weighted by Crippen LogP contribution is -2.15. The monoisotopic (exact) mass is 288 g/mol. The lowest BCUT2D eigenvalue weighted by molar-refractivity contribution is 0.171. The molecule has 0 bridgehead atoms. The van der Waals surface area contributed by atoms with Crippen molar-refractivity contribution < 1.29 is 9.47 Å². The van der Waals surface area contributed by atoms with E-state index in [9.17, 15) is 0 Å². The van der Waals surface area contributed by atoms with Gasteiger partial charge in [-0.15, -0.1) is 11.6 Å². The third-order valence-electron chi connectivity index (χ3n) is 3.54. The van der Waals surface area contributed by atoms with Crippen molar-refractivity contribution in [3.05, 3.63) is 59.2 Å². The van der Waals surface area contributed by atoms with Crippen LogP contribution in [0.4, 0.5) is 0 Å². The SMILES string of the molecule is CCc1ccc(C(Cl)c2ccc3c(c2)OCCO3)cc1. The van der Waals surface area contributed by atoms with Gasteiger partial charge in [0, 0.05) is 0 Å². The summed E-state index contributed by atoms with van der Waals surface area (Å²) in [6, 6.07) is 14.3. The Hall–Kier alpha value is -1.67. The maximum absolute atomic E-state index is 6.57. The van der Waals surface area contributed by atoms with Crippen molar-refractivity contribution in [2.24, 2.45) is 0 Å². The van der Waals surface area contributed by atoms with E-state index in [-0.39, 0.29) is 5.38 Å². The van der Waals surface area contributed by atoms with Gasteiger partial charge in [0.25, 0.3) is 0 Å². The lowest BCUT2D eigenvalue weighted by atomic mass is 10.0. The van der Waals surface area contributed by atoms with E-state index in [2.05, 4.69) is 31.2 Å². The van der Waals surface area contributed by atoms with Gasteiger partial charge in [-0.05, 0) is 35.2 Å². The molecule has 1 aliphatic rings. The van der Waals surface area contributed by atoms with E-state index in [0.717, 1.165) is 29.0 Å². The normalized spacial score (nSPS) is 14.9. The Morgan fingerprint density at radius 1 is 0.950 bits per heavy atom. The summed E-state index contributed by atoms with van der Waals surface area (Å²) in [6.45, 7) is 3.34. The highest BCUT2D eigenvalue weighted by molar-refractivity contribution is 6.22. The zero-order chi connectivity index (χ0) is 13.9. The third-order valence-corrected chi connectivity index (χ3v) is 4.04.